The topological polar surface area (TPSA) is 34.9 Å². The second kappa shape index (κ2) is 4.28. The van der Waals surface area contributed by atoms with E-state index < -0.39 is 18.2 Å². The molecule has 0 saturated heterocycles. The van der Waals surface area contributed by atoms with Crippen LogP contribution in [0.5, 0.6) is 0 Å². The minimum Gasteiger partial charge on any atom is -0.298 e. The molecule has 0 aliphatic heterocycles. The zero-order valence-electron chi connectivity index (χ0n) is 6.88. The number of halogens is 4. The van der Waals surface area contributed by atoms with E-state index in [9.17, 15) is 18.0 Å². The summed E-state index contributed by atoms with van der Waals surface area (Å²) < 4.78 is 36.8. The molecule has 0 spiro atoms. The third kappa shape index (κ3) is 3.28. The summed E-state index contributed by atoms with van der Waals surface area (Å²) >= 11 is 1.73. The van der Waals surface area contributed by atoms with Crippen molar-refractivity contribution in [2.24, 2.45) is 0 Å². The second-order valence-electron chi connectivity index (χ2n) is 2.61. The number of hydrogen-bond donors (Lipinski definition) is 0. The Balaban J connectivity index is 2.78. The van der Waals surface area contributed by atoms with E-state index in [4.69, 9.17) is 0 Å². The first-order chi connectivity index (χ1) is 6.40. The third-order valence-corrected chi connectivity index (χ3v) is 2.24. The molecule has 14 heavy (non-hydrogen) atoms. The van der Waals surface area contributed by atoms with Gasteiger partial charge < -0.3 is 0 Å². The van der Waals surface area contributed by atoms with Crippen LogP contribution in [0.4, 0.5) is 13.2 Å². The maximum Gasteiger partial charge on any atom is 0.390 e. The number of alkyl halides is 3. The van der Waals surface area contributed by atoms with Gasteiger partial charge in [-0.15, -0.1) is 0 Å². The summed E-state index contributed by atoms with van der Waals surface area (Å²) in [7, 11) is 0. The van der Waals surface area contributed by atoms with Gasteiger partial charge in [0.1, 0.15) is 0 Å². The van der Waals surface area contributed by atoms with Crippen LogP contribution in [0.1, 0.15) is 6.42 Å². The van der Waals surface area contributed by atoms with Crippen LogP contribution in [-0.4, -0.2) is 15.7 Å². The van der Waals surface area contributed by atoms with Gasteiger partial charge in [-0.2, -0.15) is 13.2 Å². The van der Waals surface area contributed by atoms with Crippen molar-refractivity contribution in [3.8, 4) is 0 Å². The first-order valence-electron chi connectivity index (χ1n) is 3.67. The van der Waals surface area contributed by atoms with Crippen LogP contribution in [0.3, 0.4) is 0 Å². The van der Waals surface area contributed by atoms with Crippen LogP contribution in [-0.2, 0) is 6.54 Å². The Hall–Kier alpha value is -0.600. The maximum absolute atomic E-state index is 11.8. The monoisotopic (exact) mass is 318 g/mol. The normalized spacial score (nSPS) is 11.7. The van der Waals surface area contributed by atoms with E-state index in [0.29, 0.717) is 3.57 Å². The van der Waals surface area contributed by atoms with Crippen molar-refractivity contribution in [3.63, 3.8) is 0 Å². The van der Waals surface area contributed by atoms with Crippen molar-refractivity contribution < 1.29 is 13.2 Å². The Bertz CT molecular complexity index is 374. The molecule has 0 fully saturated rings. The van der Waals surface area contributed by atoms with Gasteiger partial charge in [-0.3, -0.25) is 9.36 Å². The summed E-state index contributed by atoms with van der Waals surface area (Å²) in [6.07, 6.45) is -2.85. The summed E-state index contributed by atoms with van der Waals surface area (Å²) in [4.78, 5) is 14.9. The highest BCUT2D eigenvalue weighted by Crippen LogP contribution is 2.19. The summed E-state index contributed by atoms with van der Waals surface area (Å²) in [5.41, 5.74) is -0.440. The van der Waals surface area contributed by atoms with Crippen molar-refractivity contribution in [1.82, 2.24) is 9.55 Å². The molecule has 0 atom stereocenters. The second-order valence-corrected chi connectivity index (χ2v) is 3.77. The molecule has 0 unspecified atom stereocenters. The Morgan fingerprint density at radius 2 is 2.14 bits per heavy atom. The number of aromatic nitrogens is 2. The highest BCUT2D eigenvalue weighted by atomic mass is 127. The van der Waals surface area contributed by atoms with Gasteiger partial charge in [-0.1, -0.05) is 0 Å². The van der Waals surface area contributed by atoms with Gasteiger partial charge in [0.25, 0.3) is 5.56 Å². The standard InChI is InChI=1S/C7H6F3IN2O/c8-7(9,10)1-2-13-4-12-3-5(11)6(13)14/h3-4H,1-2H2. The molecule has 0 amide bonds. The van der Waals surface area contributed by atoms with Gasteiger partial charge >= 0.3 is 6.18 Å². The molecule has 7 heteroatoms. The summed E-state index contributed by atoms with van der Waals surface area (Å²) in [5.74, 6) is 0. The summed E-state index contributed by atoms with van der Waals surface area (Å²) in [6, 6.07) is 0. The van der Waals surface area contributed by atoms with Gasteiger partial charge in [-0.25, -0.2) is 4.98 Å². The number of rotatable bonds is 2. The minimum atomic E-state index is -4.25. The first kappa shape index (κ1) is 11.5. The molecule has 0 saturated carbocycles. The Kier molecular flexibility index (Phi) is 3.51. The molecule has 78 valence electrons. The SMILES string of the molecule is O=c1c(I)cncn1CCC(F)(F)F. The highest BCUT2D eigenvalue weighted by molar-refractivity contribution is 14.1. The molecule has 3 nitrogen and oxygen atoms in total. The molecule has 0 aliphatic rings. The van der Waals surface area contributed by atoms with Gasteiger partial charge in [0, 0.05) is 12.7 Å². The van der Waals surface area contributed by atoms with Crippen LogP contribution in [0.2, 0.25) is 0 Å². The summed E-state index contributed by atoms with van der Waals surface area (Å²) in [6.45, 7) is -0.383. The van der Waals surface area contributed by atoms with Crippen molar-refractivity contribution in [3.05, 3.63) is 26.4 Å². The molecule has 0 N–H and O–H groups in total. The highest BCUT2D eigenvalue weighted by Gasteiger charge is 2.26. The fourth-order valence-electron chi connectivity index (χ4n) is 0.831. The molecule has 0 radical (unpaired) electrons. The lowest BCUT2D eigenvalue weighted by atomic mass is 10.4. The molecule has 0 aromatic carbocycles. The molecule has 1 heterocycles. The van der Waals surface area contributed by atoms with E-state index in [0.717, 1.165) is 10.9 Å². The predicted octanol–water partition coefficient (Wildman–Crippen LogP) is 1.80. The molecule has 1 aromatic rings. The van der Waals surface area contributed by atoms with Gasteiger partial charge in [0.05, 0.1) is 16.3 Å². The number of nitrogens with zero attached hydrogens (tertiary/aromatic N) is 2. The summed E-state index contributed by atoms with van der Waals surface area (Å²) in [5, 5.41) is 0. The van der Waals surface area contributed by atoms with Crippen LogP contribution in [0.15, 0.2) is 17.3 Å². The first-order valence-corrected chi connectivity index (χ1v) is 4.75. The molecule has 0 bridgehead atoms. The van der Waals surface area contributed by atoms with E-state index in [1.807, 2.05) is 0 Å². The smallest absolute Gasteiger partial charge is 0.298 e. The average molecular weight is 318 g/mol. The van der Waals surface area contributed by atoms with Crippen LogP contribution in [0.25, 0.3) is 0 Å². The third-order valence-electron chi connectivity index (χ3n) is 1.50. The van der Waals surface area contributed by atoms with Crippen LogP contribution >= 0.6 is 22.6 Å². The van der Waals surface area contributed by atoms with Crippen molar-refractivity contribution in [1.29, 1.82) is 0 Å². The Labute approximate surface area is 91.1 Å². The van der Waals surface area contributed by atoms with E-state index in [1.165, 1.54) is 6.20 Å². The Morgan fingerprint density at radius 1 is 1.50 bits per heavy atom. The van der Waals surface area contributed by atoms with Crippen molar-refractivity contribution >= 4 is 22.6 Å². The molecule has 0 aliphatic carbocycles. The molecular formula is C7H6F3IN2O. The number of aryl methyl sites for hydroxylation is 1. The lowest BCUT2D eigenvalue weighted by Gasteiger charge is -2.07. The van der Waals surface area contributed by atoms with Gasteiger partial charge in [0.15, 0.2) is 0 Å². The Morgan fingerprint density at radius 3 is 2.71 bits per heavy atom. The minimum absolute atomic E-state index is 0.312. The molecule has 1 rings (SSSR count). The average Bonchev–Trinajstić information content (AvgIpc) is 2.06. The van der Waals surface area contributed by atoms with Gasteiger partial charge in [0.2, 0.25) is 0 Å². The zero-order chi connectivity index (χ0) is 10.8. The lowest BCUT2D eigenvalue weighted by Crippen LogP contribution is -2.25. The molecule has 1 aromatic heterocycles. The molecular weight excluding hydrogens is 312 g/mol. The number of hydrogen-bond acceptors (Lipinski definition) is 2. The van der Waals surface area contributed by atoms with Gasteiger partial charge in [-0.05, 0) is 22.6 Å². The quantitative estimate of drug-likeness (QED) is 0.780. The van der Waals surface area contributed by atoms with Crippen LogP contribution < -0.4 is 5.56 Å². The van der Waals surface area contributed by atoms with E-state index >= 15 is 0 Å². The van der Waals surface area contributed by atoms with Crippen LogP contribution in [0, 0.1) is 3.57 Å². The zero-order valence-corrected chi connectivity index (χ0v) is 9.04. The predicted molar refractivity (Wildman–Crippen MR) is 51.9 cm³/mol. The maximum atomic E-state index is 11.8. The van der Waals surface area contributed by atoms with E-state index in [2.05, 4.69) is 4.98 Å². The largest absolute Gasteiger partial charge is 0.390 e. The van der Waals surface area contributed by atoms with Crippen molar-refractivity contribution in [2.75, 3.05) is 0 Å². The fourth-order valence-corrected chi connectivity index (χ4v) is 1.30. The van der Waals surface area contributed by atoms with E-state index in [-0.39, 0.29) is 6.54 Å². The fraction of sp³-hybridized carbons (Fsp3) is 0.429. The van der Waals surface area contributed by atoms with E-state index in [1.54, 1.807) is 22.6 Å². The lowest BCUT2D eigenvalue weighted by molar-refractivity contribution is -0.136. The van der Waals surface area contributed by atoms with Crippen molar-refractivity contribution in [2.45, 2.75) is 19.1 Å².